The van der Waals surface area contributed by atoms with Gasteiger partial charge in [-0.05, 0) is 26.3 Å². The lowest BCUT2D eigenvalue weighted by molar-refractivity contribution is 0.122. The molecule has 3 rings (SSSR count). The van der Waals surface area contributed by atoms with Gasteiger partial charge in [-0.25, -0.2) is 4.68 Å². The zero-order chi connectivity index (χ0) is 15.0. The fourth-order valence-electron chi connectivity index (χ4n) is 2.28. The van der Waals surface area contributed by atoms with Crippen molar-refractivity contribution in [2.75, 3.05) is 36.9 Å². The molecule has 2 aromatic rings. The summed E-state index contributed by atoms with van der Waals surface area (Å²) >= 11 is 0. The number of aryl methyl sites for hydroxylation is 1. The largest absolute Gasteiger partial charge is 0.378 e. The second-order valence-electron chi connectivity index (χ2n) is 5.10. The van der Waals surface area contributed by atoms with Crippen molar-refractivity contribution in [1.29, 1.82) is 0 Å². The molecular formula is C13H19N7O. The van der Waals surface area contributed by atoms with Gasteiger partial charge >= 0.3 is 0 Å². The fraction of sp³-hybridized carbons (Fsp3) is 0.538. The van der Waals surface area contributed by atoms with Crippen LogP contribution in [0.1, 0.15) is 17.0 Å². The van der Waals surface area contributed by atoms with Crippen LogP contribution in [0.4, 0.5) is 11.9 Å². The first-order valence-electron chi connectivity index (χ1n) is 6.93. The molecule has 1 aliphatic rings. The quantitative estimate of drug-likeness (QED) is 0.855. The van der Waals surface area contributed by atoms with E-state index in [0.717, 1.165) is 30.0 Å². The van der Waals surface area contributed by atoms with Gasteiger partial charge in [0.05, 0.1) is 18.9 Å². The van der Waals surface area contributed by atoms with E-state index in [1.54, 1.807) is 4.68 Å². The van der Waals surface area contributed by atoms with Crippen molar-refractivity contribution in [1.82, 2.24) is 24.7 Å². The number of morpholine rings is 1. The van der Waals surface area contributed by atoms with Gasteiger partial charge in [-0.3, -0.25) is 0 Å². The lowest BCUT2D eigenvalue weighted by Gasteiger charge is -2.26. The Morgan fingerprint density at radius 3 is 2.29 bits per heavy atom. The van der Waals surface area contributed by atoms with E-state index in [2.05, 4.69) is 20.1 Å². The molecule has 0 atom stereocenters. The van der Waals surface area contributed by atoms with Crippen molar-refractivity contribution < 1.29 is 4.74 Å². The minimum Gasteiger partial charge on any atom is -0.378 e. The highest BCUT2D eigenvalue weighted by atomic mass is 16.5. The van der Waals surface area contributed by atoms with Crippen LogP contribution in [0.5, 0.6) is 0 Å². The Morgan fingerprint density at radius 1 is 1.00 bits per heavy atom. The van der Waals surface area contributed by atoms with Crippen molar-refractivity contribution >= 4 is 11.9 Å². The van der Waals surface area contributed by atoms with Gasteiger partial charge in [-0.1, -0.05) is 0 Å². The summed E-state index contributed by atoms with van der Waals surface area (Å²) < 4.78 is 7.06. The Morgan fingerprint density at radius 2 is 1.67 bits per heavy atom. The van der Waals surface area contributed by atoms with Crippen LogP contribution in [0.2, 0.25) is 0 Å². The SMILES string of the molecule is Cc1nn(-c2nc(N)nc(N3CCOCC3)n2)c(C)c1C. The number of anilines is 2. The van der Waals surface area contributed by atoms with Crippen molar-refractivity contribution in [3.05, 3.63) is 17.0 Å². The molecule has 8 heteroatoms. The van der Waals surface area contributed by atoms with Crippen LogP contribution in [0.3, 0.4) is 0 Å². The first kappa shape index (κ1) is 13.7. The highest BCUT2D eigenvalue weighted by Gasteiger charge is 2.18. The van der Waals surface area contributed by atoms with E-state index in [-0.39, 0.29) is 5.95 Å². The summed E-state index contributed by atoms with van der Waals surface area (Å²) in [6.07, 6.45) is 0. The normalized spacial score (nSPS) is 15.5. The third kappa shape index (κ3) is 2.54. The van der Waals surface area contributed by atoms with E-state index in [1.165, 1.54) is 0 Å². The summed E-state index contributed by atoms with van der Waals surface area (Å²) in [5.41, 5.74) is 8.93. The molecule has 2 aromatic heterocycles. The molecule has 0 spiro atoms. The van der Waals surface area contributed by atoms with Gasteiger partial charge in [-0.2, -0.15) is 20.1 Å². The van der Waals surface area contributed by atoms with Crippen LogP contribution in [0.25, 0.3) is 5.95 Å². The number of hydrogen-bond acceptors (Lipinski definition) is 7. The summed E-state index contributed by atoms with van der Waals surface area (Å²) in [4.78, 5) is 15.0. The Bertz CT molecular complexity index is 661. The van der Waals surface area contributed by atoms with Crippen LogP contribution in [0.15, 0.2) is 0 Å². The van der Waals surface area contributed by atoms with Gasteiger partial charge in [0.25, 0.3) is 5.95 Å². The van der Waals surface area contributed by atoms with E-state index in [0.29, 0.717) is 25.1 Å². The number of hydrogen-bond donors (Lipinski definition) is 1. The smallest absolute Gasteiger partial charge is 0.257 e. The second kappa shape index (κ2) is 5.28. The fourth-order valence-corrected chi connectivity index (χ4v) is 2.28. The molecule has 1 fully saturated rings. The maximum absolute atomic E-state index is 5.84. The molecule has 0 bridgehead atoms. The molecule has 0 aliphatic carbocycles. The number of nitrogen functional groups attached to an aromatic ring is 1. The van der Waals surface area contributed by atoms with E-state index in [9.17, 15) is 0 Å². The van der Waals surface area contributed by atoms with Crippen LogP contribution >= 0.6 is 0 Å². The van der Waals surface area contributed by atoms with Crippen molar-refractivity contribution in [3.8, 4) is 5.95 Å². The van der Waals surface area contributed by atoms with Gasteiger partial charge in [0.15, 0.2) is 0 Å². The highest BCUT2D eigenvalue weighted by molar-refractivity contribution is 5.39. The van der Waals surface area contributed by atoms with Gasteiger partial charge in [0.1, 0.15) is 0 Å². The van der Waals surface area contributed by atoms with Crippen molar-refractivity contribution in [2.24, 2.45) is 0 Å². The van der Waals surface area contributed by atoms with E-state index >= 15 is 0 Å². The minimum absolute atomic E-state index is 0.201. The van der Waals surface area contributed by atoms with Gasteiger partial charge in [-0.15, -0.1) is 0 Å². The molecule has 2 N–H and O–H groups in total. The Labute approximate surface area is 123 Å². The zero-order valence-corrected chi connectivity index (χ0v) is 12.5. The molecule has 8 nitrogen and oxygen atoms in total. The minimum atomic E-state index is 0.201. The first-order valence-corrected chi connectivity index (χ1v) is 6.93. The van der Waals surface area contributed by atoms with Crippen molar-refractivity contribution in [3.63, 3.8) is 0 Å². The van der Waals surface area contributed by atoms with Gasteiger partial charge in [0.2, 0.25) is 11.9 Å². The molecule has 112 valence electrons. The van der Waals surface area contributed by atoms with Crippen LogP contribution in [-0.2, 0) is 4.74 Å². The number of rotatable bonds is 2. The average Bonchev–Trinajstić information content (AvgIpc) is 2.75. The standard InChI is InChI=1S/C13H19N7O/c1-8-9(2)18-20(10(8)3)13-16-11(14)15-12(17-13)19-4-6-21-7-5-19/h4-7H2,1-3H3,(H2,14,15,16,17). The topological polar surface area (TPSA) is 95.0 Å². The summed E-state index contributed by atoms with van der Waals surface area (Å²) in [6, 6.07) is 0. The van der Waals surface area contributed by atoms with Crippen LogP contribution < -0.4 is 10.6 Å². The van der Waals surface area contributed by atoms with Crippen molar-refractivity contribution in [2.45, 2.75) is 20.8 Å². The average molecular weight is 289 g/mol. The summed E-state index contributed by atoms with van der Waals surface area (Å²) in [5, 5.41) is 4.47. The lowest BCUT2D eigenvalue weighted by atomic mass is 10.2. The summed E-state index contributed by atoms with van der Waals surface area (Å²) in [5.74, 6) is 1.23. The molecule has 1 saturated heterocycles. The summed E-state index contributed by atoms with van der Waals surface area (Å²) in [7, 11) is 0. The molecule has 21 heavy (non-hydrogen) atoms. The molecule has 0 amide bonds. The molecule has 0 saturated carbocycles. The highest BCUT2D eigenvalue weighted by Crippen LogP contribution is 2.17. The van der Waals surface area contributed by atoms with Gasteiger partial charge in [0, 0.05) is 18.8 Å². The number of nitrogens with zero attached hydrogens (tertiary/aromatic N) is 6. The number of ether oxygens (including phenoxy) is 1. The molecule has 0 aromatic carbocycles. The molecule has 3 heterocycles. The Hall–Kier alpha value is -2.22. The van der Waals surface area contributed by atoms with E-state index in [1.807, 2.05) is 25.7 Å². The first-order chi connectivity index (χ1) is 10.1. The van der Waals surface area contributed by atoms with Crippen LogP contribution in [0, 0.1) is 20.8 Å². The third-order valence-electron chi connectivity index (χ3n) is 3.77. The second-order valence-corrected chi connectivity index (χ2v) is 5.10. The van der Waals surface area contributed by atoms with Crippen LogP contribution in [-0.4, -0.2) is 51.0 Å². The van der Waals surface area contributed by atoms with Gasteiger partial charge < -0.3 is 15.4 Å². The summed E-state index contributed by atoms with van der Waals surface area (Å²) in [6.45, 7) is 8.82. The lowest BCUT2D eigenvalue weighted by Crippen LogP contribution is -2.37. The zero-order valence-electron chi connectivity index (χ0n) is 12.5. The predicted octanol–water partition coefficient (Wildman–Crippen LogP) is 0.401. The maximum Gasteiger partial charge on any atom is 0.257 e. The maximum atomic E-state index is 5.84. The number of nitrogens with two attached hydrogens (primary N) is 1. The Balaban J connectivity index is 2.02. The van der Waals surface area contributed by atoms with E-state index in [4.69, 9.17) is 10.5 Å². The monoisotopic (exact) mass is 289 g/mol. The molecule has 1 aliphatic heterocycles. The number of aromatic nitrogens is 5. The third-order valence-corrected chi connectivity index (χ3v) is 3.77. The predicted molar refractivity (Wildman–Crippen MR) is 78.6 cm³/mol. The molecular weight excluding hydrogens is 270 g/mol. The molecule has 0 radical (unpaired) electrons. The van der Waals surface area contributed by atoms with E-state index < -0.39 is 0 Å². The Kier molecular flexibility index (Phi) is 3.46. The molecule has 0 unspecified atom stereocenters.